The average molecular weight is 380 g/mol. The number of hydrogen-bond donors (Lipinski definition) is 2. The summed E-state index contributed by atoms with van der Waals surface area (Å²) in [5.74, 6) is 0.597. The van der Waals surface area contributed by atoms with Crippen LogP contribution in [0.1, 0.15) is 45.2 Å². The van der Waals surface area contributed by atoms with Crippen LogP contribution in [0.2, 0.25) is 0 Å². The Labute approximate surface area is 165 Å². The van der Waals surface area contributed by atoms with E-state index in [-0.39, 0.29) is 11.9 Å². The van der Waals surface area contributed by atoms with E-state index in [0.717, 1.165) is 37.6 Å². The van der Waals surface area contributed by atoms with Crippen LogP contribution in [-0.4, -0.2) is 69.1 Å². The molecule has 6 heteroatoms. The minimum atomic E-state index is -0.208. The summed E-state index contributed by atoms with van der Waals surface area (Å²) in [4.78, 5) is 8.92. The van der Waals surface area contributed by atoms with E-state index < -0.39 is 0 Å². The summed E-state index contributed by atoms with van der Waals surface area (Å²) in [6.07, 6.45) is 2.27. The van der Waals surface area contributed by atoms with E-state index in [1.165, 1.54) is 18.6 Å². The largest absolute Gasteiger partial charge is 0.354 e. The molecule has 0 radical (unpaired) electrons. The van der Waals surface area contributed by atoms with Crippen LogP contribution in [0.5, 0.6) is 0 Å². The fourth-order valence-corrected chi connectivity index (χ4v) is 3.14. The lowest BCUT2D eigenvalue weighted by Gasteiger charge is -2.27. The maximum absolute atomic E-state index is 13.2. The molecule has 2 N–H and O–H groups in total. The lowest BCUT2D eigenvalue weighted by molar-refractivity contribution is 0.291. The molecule has 27 heavy (non-hydrogen) atoms. The van der Waals surface area contributed by atoms with E-state index in [1.807, 2.05) is 26.2 Å². The van der Waals surface area contributed by atoms with Crippen LogP contribution in [0.25, 0.3) is 0 Å². The third-order valence-electron chi connectivity index (χ3n) is 4.95. The van der Waals surface area contributed by atoms with Gasteiger partial charge in [-0.25, -0.2) is 4.39 Å². The van der Waals surface area contributed by atoms with Gasteiger partial charge in [0.05, 0.1) is 6.04 Å². The summed E-state index contributed by atoms with van der Waals surface area (Å²) < 4.78 is 13.2. The van der Waals surface area contributed by atoms with Crippen LogP contribution in [0.4, 0.5) is 4.39 Å². The number of nitrogens with one attached hydrogen (secondary N) is 2. The Hall–Kier alpha value is -1.66. The molecule has 0 aliphatic heterocycles. The zero-order chi connectivity index (χ0) is 20.2. The highest BCUT2D eigenvalue weighted by atomic mass is 19.1. The molecule has 0 bridgehead atoms. The quantitative estimate of drug-likeness (QED) is 0.458. The molecule has 0 aliphatic rings. The molecule has 0 saturated carbocycles. The first kappa shape index (κ1) is 23.4. The number of hydrogen-bond acceptors (Lipinski definition) is 3. The van der Waals surface area contributed by atoms with Crippen molar-refractivity contribution < 1.29 is 4.39 Å². The zero-order valence-corrected chi connectivity index (χ0v) is 17.9. The summed E-state index contributed by atoms with van der Waals surface area (Å²) >= 11 is 0. The number of guanidine groups is 1. The van der Waals surface area contributed by atoms with Crippen LogP contribution < -0.4 is 10.6 Å². The van der Waals surface area contributed by atoms with Crippen molar-refractivity contribution in [3.63, 3.8) is 0 Å². The summed E-state index contributed by atoms with van der Waals surface area (Å²) in [5, 5.41) is 6.88. The minimum Gasteiger partial charge on any atom is -0.354 e. The van der Waals surface area contributed by atoms with Crippen molar-refractivity contribution in [3.05, 3.63) is 35.6 Å². The average Bonchev–Trinajstić information content (AvgIpc) is 2.65. The molecule has 0 aliphatic carbocycles. The predicted octanol–water partition coefficient (Wildman–Crippen LogP) is 3.10. The lowest BCUT2D eigenvalue weighted by Crippen LogP contribution is -2.45. The van der Waals surface area contributed by atoms with Crippen molar-refractivity contribution in [2.75, 3.05) is 47.3 Å². The lowest BCUT2D eigenvalue weighted by atomic mass is 10.1. The first-order valence-electron chi connectivity index (χ1n) is 10.0. The normalized spacial score (nSPS) is 14.5. The Balaban J connectivity index is 2.50. The number of likely N-dealkylation sites (N-methyl/N-ethyl adjacent to an activating group) is 1. The molecular weight excluding hydrogens is 341 g/mol. The molecule has 0 saturated heterocycles. The molecule has 0 amide bonds. The molecule has 154 valence electrons. The first-order chi connectivity index (χ1) is 12.9. The molecule has 1 rings (SSSR count). The standard InChI is InChI=1S/C21H38FN5/c1-7-27(8-2)15-9-10-17(3)25-21(23-4)24-16-20(26(5)6)18-11-13-19(22)14-12-18/h11-14,17,20H,7-10,15-16H2,1-6H3,(H2,23,24,25). The highest BCUT2D eigenvalue weighted by Crippen LogP contribution is 2.17. The smallest absolute Gasteiger partial charge is 0.191 e. The second-order valence-electron chi connectivity index (χ2n) is 7.20. The number of rotatable bonds is 11. The van der Waals surface area contributed by atoms with E-state index >= 15 is 0 Å². The van der Waals surface area contributed by atoms with Gasteiger partial charge >= 0.3 is 0 Å². The topological polar surface area (TPSA) is 42.9 Å². The maximum Gasteiger partial charge on any atom is 0.191 e. The Morgan fingerprint density at radius 3 is 2.30 bits per heavy atom. The molecule has 0 aromatic heterocycles. The number of aliphatic imine (C=N–C) groups is 1. The summed E-state index contributed by atoms with van der Waals surface area (Å²) in [5.41, 5.74) is 1.08. The third kappa shape index (κ3) is 8.71. The Kier molecular flexibility index (Phi) is 11.0. The van der Waals surface area contributed by atoms with Gasteiger partial charge in [0.1, 0.15) is 5.82 Å². The summed E-state index contributed by atoms with van der Waals surface area (Å²) in [7, 11) is 5.85. The molecule has 1 aromatic rings. The second kappa shape index (κ2) is 12.7. The molecule has 2 atom stereocenters. The van der Waals surface area contributed by atoms with Crippen LogP contribution in [-0.2, 0) is 0 Å². The van der Waals surface area contributed by atoms with Gasteiger partial charge in [0, 0.05) is 19.6 Å². The summed E-state index contributed by atoms with van der Waals surface area (Å²) in [6.45, 7) is 10.7. The monoisotopic (exact) mass is 379 g/mol. The molecule has 0 spiro atoms. The third-order valence-corrected chi connectivity index (χ3v) is 4.95. The minimum absolute atomic E-state index is 0.141. The Morgan fingerprint density at radius 1 is 1.15 bits per heavy atom. The Bertz CT molecular complexity index is 540. The van der Waals surface area contributed by atoms with E-state index in [2.05, 4.69) is 46.2 Å². The van der Waals surface area contributed by atoms with Crippen LogP contribution >= 0.6 is 0 Å². The van der Waals surface area contributed by atoms with Gasteiger partial charge in [-0.1, -0.05) is 26.0 Å². The number of benzene rings is 1. The van der Waals surface area contributed by atoms with Crippen molar-refractivity contribution in [1.29, 1.82) is 0 Å². The molecule has 0 heterocycles. The van der Waals surface area contributed by atoms with E-state index in [9.17, 15) is 4.39 Å². The maximum atomic E-state index is 13.2. The van der Waals surface area contributed by atoms with Gasteiger partial charge in [0.25, 0.3) is 0 Å². The van der Waals surface area contributed by atoms with Gasteiger partial charge in [-0.15, -0.1) is 0 Å². The van der Waals surface area contributed by atoms with Gasteiger partial charge in [0.2, 0.25) is 0 Å². The summed E-state index contributed by atoms with van der Waals surface area (Å²) in [6, 6.07) is 7.20. The SMILES string of the molecule is CCN(CC)CCCC(C)NC(=NC)NCC(c1ccc(F)cc1)N(C)C. The number of nitrogens with zero attached hydrogens (tertiary/aromatic N) is 3. The van der Waals surface area contributed by atoms with Gasteiger partial charge in [-0.3, -0.25) is 4.99 Å². The molecule has 5 nitrogen and oxygen atoms in total. The van der Waals surface area contributed by atoms with Crippen molar-refractivity contribution >= 4 is 5.96 Å². The van der Waals surface area contributed by atoms with Gasteiger partial charge < -0.3 is 20.4 Å². The zero-order valence-electron chi connectivity index (χ0n) is 17.9. The van der Waals surface area contributed by atoms with E-state index in [1.54, 1.807) is 7.05 Å². The van der Waals surface area contributed by atoms with Gasteiger partial charge in [-0.2, -0.15) is 0 Å². The van der Waals surface area contributed by atoms with Crippen LogP contribution in [0, 0.1) is 5.82 Å². The van der Waals surface area contributed by atoms with Crippen molar-refractivity contribution in [3.8, 4) is 0 Å². The van der Waals surface area contributed by atoms with Crippen molar-refractivity contribution in [2.45, 2.75) is 45.7 Å². The molecule has 2 unspecified atom stereocenters. The van der Waals surface area contributed by atoms with Crippen LogP contribution in [0.15, 0.2) is 29.3 Å². The molecule has 0 fully saturated rings. The van der Waals surface area contributed by atoms with Gasteiger partial charge in [0.15, 0.2) is 5.96 Å². The fraction of sp³-hybridized carbons (Fsp3) is 0.667. The Morgan fingerprint density at radius 2 is 1.78 bits per heavy atom. The predicted molar refractivity (Wildman–Crippen MR) is 114 cm³/mol. The highest BCUT2D eigenvalue weighted by Gasteiger charge is 2.15. The highest BCUT2D eigenvalue weighted by molar-refractivity contribution is 5.79. The van der Waals surface area contributed by atoms with E-state index in [4.69, 9.17) is 0 Å². The van der Waals surface area contributed by atoms with Crippen molar-refractivity contribution in [2.24, 2.45) is 4.99 Å². The molecule has 1 aromatic carbocycles. The molecular formula is C21H38FN5. The van der Waals surface area contributed by atoms with E-state index in [0.29, 0.717) is 12.6 Å². The fourth-order valence-electron chi connectivity index (χ4n) is 3.14. The first-order valence-corrected chi connectivity index (χ1v) is 10.0. The second-order valence-corrected chi connectivity index (χ2v) is 7.20. The van der Waals surface area contributed by atoms with Crippen LogP contribution in [0.3, 0.4) is 0 Å². The van der Waals surface area contributed by atoms with Crippen molar-refractivity contribution in [1.82, 2.24) is 20.4 Å². The van der Waals surface area contributed by atoms with Gasteiger partial charge in [-0.05, 0) is 71.2 Å². The number of halogens is 1.